The number of nitrogens with zero attached hydrogens (tertiary/aromatic N) is 1. The van der Waals surface area contributed by atoms with Crippen LogP contribution in [0.25, 0.3) is 0 Å². The maximum Gasteiger partial charge on any atom is 0.227 e. The predicted molar refractivity (Wildman–Crippen MR) is 90.6 cm³/mol. The lowest BCUT2D eigenvalue weighted by Gasteiger charge is -2.22. The van der Waals surface area contributed by atoms with Crippen molar-refractivity contribution < 1.29 is 4.79 Å². The molecule has 0 aliphatic heterocycles. The number of carbonyl (C=O) groups excluding carboxylic acids is 1. The number of unbranched alkanes of at least 4 members (excludes halogenated alkanes) is 3. The Labute approximate surface area is 130 Å². The molecule has 0 aromatic carbocycles. The molecule has 0 heterocycles. The minimum atomic E-state index is -0.486. The monoisotopic (exact) mass is 298 g/mol. The highest BCUT2D eigenvalue weighted by Crippen LogP contribution is 2.15. The van der Waals surface area contributed by atoms with E-state index in [1.165, 1.54) is 19.3 Å². The van der Waals surface area contributed by atoms with Gasteiger partial charge in [-0.2, -0.15) is 0 Å². The number of hydrogen-bond donors (Lipinski definition) is 3. The van der Waals surface area contributed by atoms with Crippen molar-refractivity contribution >= 4 is 11.9 Å². The van der Waals surface area contributed by atoms with Gasteiger partial charge in [0.15, 0.2) is 5.96 Å². The molecule has 124 valence electrons. The Morgan fingerprint density at radius 3 is 2.19 bits per heavy atom. The standard InChI is InChI=1S/C16H34N4O/c1-6-9-10-11-12-19-15(18-8-3)20-13-16(4,5)14(21)17-7-2/h6-13H2,1-5H3,(H,17,21)(H2,18,19,20). The normalized spacial score (nSPS) is 12.1. The minimum absolute atomic E-state index is 0.0487. The Morgan fingerprint density at radius 1 is 0.952 bits per heavy atom. The van der Waals surface area contributed by atoms with Crippen molar-refractivity contribution in [3.63, 3.8) is 0 Å². The molecule has 0 unspecified atom stereocenters. The highest BCUT2D eigenvalue weighted by atomic mass is 16.2. The summed E-state index contributed by atoms with van der Waals surface area (Å²) in [5.41, 5.74) is -0.486. The molecule has 0 rings (SSSR count). The van der Waals surface area contributed by atoms with E-state index in [2.05, 4.69) is 27.9 Å². The van der Waals surface area contributed by atoms with Crippen LogP contribution in [-0.2, 0) is 4.79 Å². The zero-order valence-electron chi connectivity index (χ0n) is 14.5. The average Bonchev–Trinajstić information content (AvgIpc) is 2.44. The maximum absolute atomic E-state index is 11.9. The number of aliphatic imine (C=N–C) groups is 1. The largest absolute Gasteiger partial charge is 0.357 e. The molecular formula is C16H34N4O. The molecule has 5 heteroatoms. The lowest BCUT2D eigenvalue weighted by atomic mass is 9.92. The quantitative estimate of drug-likeness (QED) is 0.329. The Kier molecular flexibility index (Phi) is 10.7. The summed E-state index contributed by atoms with van der Waals surface area (Å²) in [5, 5.41) is 9.41. The van der Waals surface area contributed by atoms with Gasteiger partial charge in [-0.05, 0) is 34.1 Å². The summed E-state index contributed by atoms with van der Waals surface area (Å²) in [6, 6.07) is 0. The molecule has 21 heavy (non-hydrogen) atoms. The number of rotatable bonds is 10. The SMILES string of the molecule is CCCCCCNC(=NCC(C)(C)C(=O)NCC)NCC. The van der Waals surface area contributed by atoms with Crippen LogP contribution < -0.4 is 16.0 Å². The fourth-order valence-corrected chi connectivity index (χ4v) is 1.85. The second kappa shape index (κ2) is 11.4. The molecule has 0 atom stereocenters. The number of nitrogens with one attached hydrogen (secondary N) is 3. The summed E-state index contributed by atoms with van der Waals surface area (Å²) in [6.07, 6.45) is 4.92. The third-order valence-electron chi connectivity index (χ3n) is 3.25. The molecule has 0 saturated carbocycles. The number of hydrogen-bond acceptors (Lipinski definition) is 2. The summed E-state index contributed by atoms with van der Waals surface area (Å²) < 4.78 is 0. The van der Waals surface area contributed by atoms with Crippen LogP contribution in [0.3, 0.4) is 0 Å². The second-order valence-electron chi connectivity index (χ2n) is 5.93. The van der Waals surface area contributed by atoms with Crippen LogP contribution in [0.15, 0.2) is 4.99 Å². The lowest BCUT2D eigenvalue weighted by Crippen LogP contribution is -2.42. The van der Waals surface area contributed by atoms with Gasteiger partial charge in [0.2, 0.25) is 5.91 Å². The van der Waals surface area contributed by atoms with Crippen molar-refractivity contribution in [2.45, 2.75) is 60.3 Å². The molecule has 1 amide bonds. The molecule has 0 aliphatic rings. The average molecular weight is 298 g/mol. The zero-order chi connectivity index (χ0) is 16.1. The fraction of sp³-hybridized carbons (Fsp3) is 0.875. The van der Waals surface area contributed by atoms with Crippen molar-refractivity contribution in [1.29, 1.82) is 0 Å². The molecule has 3 N–H and O–H groups in total. The van der Waals surface area contributed by atoms with E-state index in [9.17, 15) is 4.79 Å². The minimum Gasteiger partial charge on any atom is -0.357 e. The highest BCUT2D eigenvalue weighted by molar-refractivity contribution is 5.83. The Bertz CT molecular complexity index is 313. The molecule has 0 aromatic heterocycles. The van der Waals surface area contributed by atoms with E-state index in [1.807, 2.05) is 27.7 Å². The van der Waals surface area contributed by atoms with Gasteiger partial charge < -0.3 is 16.0 Å². The number of carbonyl (C=O) groups is 1. The van der Waals surface area contributed by atoms with Gasteiger partial charge in [-0.3, -0.25) is 9.79 Å². The number of amides is 1. The van der Waals surface area contributed by atoms with Gasteiger partial charge in [0.1, 0.15) is 0 Å². The Balaban J connectivity index is 4.33. The van der Waals surface area contributed by atoms with Gasteiger partial charge in [-0.1, -0.05) is 26.2 Å². The zero-order valence-corrected chi connectivity index (χ0v) is 14.5. The van der Waals surface area contributed by atoms with Crippen LogP contribution in [0.1, 0.15) is 60.3 Å². The van der Waals surface area contributed by atoms with E-state index in [0.717, 1.165) is 25.5 Å². The van der Waals surface area contributed by atoms with Gasteiger partial charge in [0, 0.05) is 19.6 Å². The smallest absolute Gasteiger partial charge is 0.227 e. The Hall–Kier alpha value is -1.26. The van der Waals surface area contributed by atoms with Gasteiger partial charge in [0.05, 0.1) is 12.0 Å². The van der Waals surface area contributed by atoms with E-state index in [0.29, 0.717) is 13.1 Å². The van der Waals surface area contributed by atoms with Crippen molar-refractivity contribution in [2.75, 3.05) is 26.2 Å². The molecule has 0 aromatic rings. The van der Waals surface area contributed by atoms with Crippen LogP contribution in [0.5, 0.6) is 0 Å². The first-order valence-electron chi connectivity index (χ1n) is 8.28. The molecule has 0 radical (unpaired) electrons. The molecule has 0 saturated heterocycles. The van der Waals surface area contributed by atoms with Crippen molar-refractivity contribution in [3.8, 4) is 0 Å². The summed E-state index contributed by atoms with van der Waals surface area (Å²) in [7, 11) is 0. The van der Waals surface area contributed by atoms with E-state index in [4.69, 9.17) is 0 Å². The molecule has 0 spiro atoms. The van der Waals surface area contributed by atoms with E-state index in [-0.39, 0.29) is 5.91 Å². The van der Waals surface area contributed by atoms with Crippen LogP contribution in [-0.4, -0.2) is 38.0 Å². The van der Waals surface area contributed by atoms with Crippen molar-refractivity contribution in [1.82, 2.24) is 16.0 Å². The van der Waals surface area contributed by atoms with Gasteiger partial charge in [-0.25, -0.2) is 0 Å². The van der Waals surface area contributed by atoms with Gasteiger partial charge in [0.25, 0.3) is 0 Å². The van der Waals surface area contributed by atoms with E-state index >= 15 is 0 Å². The number of guanidine groups is 1. The highest BCUT2D eigenvalue weighted by Gasteiger charge is 2.26. The van der Waals surface area contributed by atoms with Crippen LogP contribution in [0.2, 0.25) is 0 Å². The second-order valence-corrected chi connectivity index (χ2v) is 5.93. The summed E-state index contributed by atoms with van der Waals surface area (Å²) in [4.78, 5) is 16.5. The topological polar surface area (TPSA) is 65.5 Å². The lowest BCUT2D eigenvalue weighted by molar-refractivity contribution is -0.128. The van der Waals surface area contributed by atoms with Gasteiger partial charge >= 0.3 is 0 Å². The summed E-state index contributed by atoms with van der Waals surface area (Å²) in [5.74, 6) is 0.846. The first-order chi connectivity index (χ1) is 9.97. The molecule has 5 nitrogen and oxygen atoms in total. The maximum atomic E-state index is 11.9. The first kappa shape index (κ1) is 19.7. The van der Waals surface area contributed by atoms with E-state index in [1.54, 1.807) is 0 Å². The fourth-order valence-electron chi connectivity index (χ4n) is 1.85. The third kappa shape index (κ3) is 9.32. The van der Waals surface area contributed by atoms with Gasteiger partial charge in [-0.15, -0.1) is 0 Å². The summed E-state index contributed by atoms with van der Waals surface area (Å²) in [6.45, 7) is 12.9. The molecule has 0 bridgehead atoms. The molecule has 0 aliphatic carbocycles. The van der Waals surface area contributed by atoms with Crippen LogP contribution in [0, 0.1) is 5.41 Å². The first-order valence-corrected chi connectivity index (χ1v) is 8.28. The molecular weight excluding hydrogens is 264 g/mol. The third-order valence-corrected chi connectivity index (χ3v) is 3.25. The molecule has 0 fully saturated rings. The van der Waals surface area contributed by atoms with Crippen molar-refractivity contribution in [3.05, 3.63) is 0 Å². The van der Waals surface area contributed by atoms with Crippen LogP contribution >= 0.6 is 0 Å². The summed E-state index contributed by atoms with van der Waals surface area (Å²) >= 11 is 0. The van der Waals surface area contributed by atoms with E-state index < -0.39 is 5.41 Å². The Morgan fingerprint density at radius 2 is 1.62 bits per heavy atom. The van der Waals surface area contributed by atoms with Crippen LogP contribution in [0.4, 0.5) is 0 Å². The van der Waals surface area contributed by atoms with Crippen molar-refractivity contribution in [2.24, 2.45) is 10.4 Å². The predicted octanol–water partition coefficient (Wildman–Crippen LogP) is 2.28.